The van der Waals surface area contributed by atoms with Gasteiger partial charge in [0.15, 0.2) is 0 Å². The molecule has 0 aromatic carbocycles. The number of urea groups is 1. The monoisotopic (exact) mass is 212 g/mol. The van der Waals surface area contributed by atoms with E-state index in [0.717, 1.165) is 12.8 Å². The molecule has 4 nitrogen and oxygen atoms in total. The summed E-state index contributed by atoms with van der Waals surface area (Å²) in [7, 11) is 0. The number of hydrogen-bond donors (Lipinski definition) is 2. The second kappa shape index (κ2) is 7.04. The van der Waals surface area contributed by atoms with Crippen LogP contribution in [0.1, 0.15) is 33.1 Å². The lowest BCUT2D eigenvalue weighted by Crippen LogP contribution is -2.41. The van der Waals surface area contributed by atoms with E-state index in [0.29, 0.717) is 6.42 Å². The first-order chi connectivity index (χ1) is 7.02. The van der Waals surface area contributed by atoms with Crippen LogP contribution in [0.4, 0.5) is 4.79 Å². The molecule has 0 aromatic rings. The van der Waals surface area contributed by atoms with Gasteiger partial charge in [-0.1, -0.05) is 32.8 Å². The summed E-state index contributed by atoms with van der Waals surface area (Å²) in [5.74, 6) is -0.286. The fourth-order valence-corrected chi connectivity index (χ4v) is 1.65. The van der Waals surface area contributed by atoms with Crippen molar-refractivity contribution in [3.05, 3.63) is 12.7 Å². The number of hydrogen-bond acceptors (Lipinski definition) is 2. The highest BCUT2D eigenvalue weighted by molar-refractivity contribution is 5.94. The van der Waals surface area contributed by atoms with Gasteiger partial charge in [-0.25, -0.2) is 4.79 Å². The lowest BCUT2D eigenvalue weighted by Gasteiger charge is -2.20. The van der Waals surface area contributed by atoms with Crippen molar-refractivity contribution in [1.29, 1.82) is 0 Å². The van der Waals surface area contributed by atoms with Gasteiger partial charge in [-0.2, -0.15) is 0 Å². The van der Waals surface area contributed by atoms with Gasteiger partial charge in [0.25, 0.3) is 0 Å². The number of rotatable bonds is 6. The van der Waals surface area contributed by atoms with Gasteiger partial charge in [0.2, 0.25) is 5.91 Å². The lowest BCUT2D eigenvalue weighted by atomic mass is 9.87. The van der Waals surface area contributed by atoms with Crippen LogP contribution >= 0.6 is 0 Å². The lowest BCUT2D eigenvalue weighted by molar-refractivity contribution is -0.125. The predicted molar refractivity (Wildman–Crippen MR) is 60.1 cm³/mol. The quantitative estimate of drug-likeness (QED) is 0.659. The Morgan fingerprint density at radius 2 is 2.13 bits per heavy atom. The number of nitrogens with two attached hydrogens (primary N) is 1. The number of allylic oxidation sites excluding steroid dienone is 1. The van der Waals surface area contributed by atoms with Crippen LogP contribution in [0.2, 0.25) is 0 Å². The molecule has 0 aliphatic heterocycles. The molecule has 0 aliphatic carbocycles. The van der Waals surface area contributed by atoms with Gasteiger partial charge >= 0.3 is 6.03 Å². The molecule has 0 aliphatic rings. The third-order valence-corrected chi connectivity index (χ3v) is 2.43. The molecule has 15 heavy (non-hydrogen) atoms. The van der Waals surface area contributed by atoms with Gasteiger partial charge in [0.05, 0.1) is 0 Å². The SMILES string of the molecule is C=CC[C@@H](C(=O)NC(N)=O)[C@@H](C)CCC. The van der Waals surface area contributed by atoms with E-state index in [4.69, 9.17) is 5.73 Å². The van der Waals surface area contributed by atoms with Gasteiger partial charge < -0.3 is 5.73 Å². The Morgan fingerprint density at radius 3 is 2.53 bits per heavy atom. The van der Waals surface area contributed by atoms with E-state index in [2.05, 4.69) is 18.8 Å². The summed E-state index contributed by atoms with van der Waals surface area (Å²) in [6.45, 7) is 7.67. The average Bonchev–Trinajstić information content (AvgIpc) is 2.13. The Labute approximate surface area is 90.9 Å². The summed E-state index contributed by atoms with van der Waals surface area (Å²) < 4.78 is 0. The summed E-state index contributed by atoms with van der Waals surface area (Å²) in [6.07, 6.45) is 4.22. The van der Waals surface area contributed by atoms with E-state index in [1.807, 2.05) is 6.92 Å². The Kier molecular flexibility index (Phi) is 6.42. The third kappa shape index (κ3) is 5.20. The molecule has 0 unspecified atom stereocenters. The maximum atomic E-state index is 11.6. The number of amides is 3. The molecule has 2 atom stereocenters. The van der Waals surface area contributed by atoms with Crippen molar-refractivity contribution in [3.63, 3.8) is 0 Å². The zero-order valence-electron chi connectivity index (χ0n) is 9.45. The second-order valence-corrected chi connectivity index (χ2v) is 3.75. The topological polar surface area (TPSA) is 72.2 Å². The minimum absolute atomic E-state index is 0.213. The molecule has 0 saturated heterocycles. The van der Waals surface area contributed by atoms with Gasteiger partial charge in [-0.05, 0) is 12.3 Å². The Morgan fingerprint density at radius 1 is 1.53 bits per heavy atom. The van der Waals surface area contributed by atoms with E-state index in [-0.39, 0.29) is 17.7 Å². The van der Waals surface area contributed by atoms with Crippen LogP contribution in [0.25, 0.3) is 0 Å². The highest BCUT2D eigenvalue weighted by Crippen LogP contribution is 2.21. The summed E-state index contributed by atoms with van der Waals surface area (Å²) in [4.78, 5) is 22.2. The van der Waals surface area contributed by atoms with Crippen molar-refractivity contribution in [1.82, 2.24) is 5.32 Å². The maximum absolute atomic E-state index is 11.6. The Bertz CT molecular complexity index is 239. The fraction of sp³-hybridized carbons (Fsp3) is 0.636. The Hall–Kier alpha value is -1.32. The minimum Gasteiger partial charge on any atom is -0.351 e. The Balaban J connectivity index is 4.41. The molecular formula is C11H20N2O2. The second-order valence-electron chi connectivity index (χ2n) is 3.75. The largest absolute Gasteiger partial charge is 0.351 e. The molecule has 0 rings (SSSR count). The average molecular weight is 212 g/mol. The van der Waals surface area contributed by atoms with Gasteiger partial charge in [0.1, 0.15) is 0 Å². The van der Waals surface area contributed by atoms with Crippen molar-refractivity contribution in [2.45, 2.75) is 33.1 Å². The summed E-state index contributed by atoms with van der Waals surface area (Å²) in [6, 6.07) is -0.794. The standard InChI is InChI=1S/C11H20N2O2/c1-4-6-8(3)9(7-5-2)10(14)13-11(12)15/h5,8-9H,2,4,6-7H2,1,3H3,(H3,12,13,14,15)/t8-,9+/m0/s1. The first-order valence-corrected chi connectivity index (χ1v) is 5.24. The first-order valence-electron chi connectivity index (χ1n) is 5.24. The number of carbonyl (C=O) groups excluding carboxylic acids is 2. The van der Waals surface area contributed by atoms with E-state index < -0.39 is 6.03 Å². The van der Waals surface area contributed by atoms with Crippen LogP contribution in [0.15, 0.2) is 12.7 Å². The molecule has 0 spiro atoms. The molecule has 3 amide bonds. The van der Waals surface area contributed by atoms with Crippen molar-refractivity contribution in [2.75, 3.05) is 0 Å². The van der Waals surface area contributed by atoms with Crippen LogP contribution in [0.5, 0.6) is 0 Å². The number of nitrogens with one attached hydrogen (secondary N) is 1. The van der Waals surface area contributed by atoms with Gasteiger partial charge in [0, 0.05) is 5.92 Å². The third-order valence-electron chi connectivity index (χ3n) is 2.43. The number of carbonyl (C=O) groups is 2. The fourth-order valence-electron chi connectivity index (χ4n) is 1.65. The van der Waals surface area contributed by atoms with Crippen molar-refractivity contribution < 1.29 is 9.59 Å². The van der Waals surface area contributed by atoms with Gasteiger partial charge in [-0.15, -0.1) is 6.58 Å². The van der Waals surface area contributed by atoms with E-state index in [9.17, 15) is 9.59 Å². The maximum Gasteiger partial charge on any atom is 0.318 e. The van der Waals surface area contributed by atoms with E-state index in [1.54, 1.807) is 6.08 Å². The summed E-state index contributed by atoms with van der Waals surface area (Å²) >= 11 is 0. The first kappa shape index (κ1) is 13.7. The molecule has 0 bridgehead atoms. The van der Waals surface area contributed by atoms with Crippen LogP contribution in [0.3, 0.4) is 0 Å². The highest BCUT2D eigenvalue weighted by atomic mass is 16.2. The normalized spacial score (nSPS) is 14.0. The van der Waals surface area contributed by atoms with Gasteiger partial charge in [-0.3, -0.25) is 10.1 Å². The molecule has 3 N–H and O–H groups in total. The number of imide groups is 1. The van der Waals surface area contributed by atoms with Crippen molar-refractivity contribution in [3.8, 4) is 0 Å². The van der Waals surface area contributed by atoms with E-state index in [1.165, 1.54) is 0 Å². The van der Waals surface area contributed by atoms with Crippen LogP contribution in [-0.4, -0.2) is 11.9 Å². The predicted octanol–water partition coefficient (Wildman–Crippen LogP) is 1.81. The molecule has 0 saturated carbocycles. The summed E-state index contributed by atoms with van der Waals surface area (Å²) in [5, 5.41) is 2.12. The molecular weight excluding hydrogens is 192 g/mol. The van der Waals surface area contributed by atoms with Crippen LogP contribution in [-0.2, 0) is 4.79 Å². The molecule has 0 fully saturated rings. The molecule has 0 aromatic heterocycles. The smallest absolute Gasteiger partial charge is 0.318 e. The van der Waals surface area contributed by atoms with E-state index >= 15 is 0 Å². The molecule has 0 heterocycles. The zero-order valence-corrected chi connectivity index (χ0v) is 9.45. The van der Waals surface area contributed by atoms with Crippen molar-refractivity contribution in [2.24, 2.45) is 17.6 Å². The minimum atomic E-state index is -0.794. The van der Waals surface area contributed by atoms with Crippen LogP contribution < -0.4 is 11.1 Å². The van der Waals surface area contributed by atoms with Crippen LogP contribution in [0, 0.1) is 11.8 Å². The van der Waals surface area contributed by atoms with Crippen molar-refractivity contribution >= 4 is 11.9 Å². The number of primary amides is 1. The zero-order chi connectivity index (χ0) is 11.8. The summed E-state index contributed by atoms with van der Waals surface area (Å²) in [5.41, 5.74) is 4.90. The highest BCUT2D eigenvalue weighted by Gasteiger charge is 2.23. The molecule has 4 heteroatoms. The molecule has 86 valence electrons. The molecule has 0 radical (unpaired) electrons.